The highest BCUT2D eigenvalue weighted by atomic mass is 32.1. The Morgan fingerprint density at radius 1 is 1.03 bits per heavy atom. The second-order valence-electron chi connectivity index (χ2n) is 8.83. The number of fused-ring (bicyclic) bond motifs is 1. The lowest BCUT2D eigenvalue weighted by molar-refractivity contribution is -0.136. The molecule has 0 saturated heterocycles. The molecule has 4 rings (SSSR count). The predicted molar refractivity (Wildman–Crippen MR) is 149 cm³/mol. The second-order valence-corrected chi connectivity index (χ2v) is 9.83. The smallest absolute Gasteiger partial charge is 0.337 e. The van der Waals surface area contributed by atoms with Crippen LogP contribution in [0.2, 0.25) is 0 Å². The number of esters is 1. The van der Waals surface area contributed by atoms with Crippen LogP contribution in [-0.2, 0) is 9.53 Å². The molecular formula is C29H32N2O7S. The van der Waals surface area contributed by atoms with Gasteiger partial charge in [-0.15, -0.1) is 0 Å². The fourth-order valence-corrected chi connectivity index (χ4v) is 5.23. The van der Waals surface area contributed by atoms with Gasteiger partial charge in [-0.05, 0) is 69.2 Å². The van der Waals surface area contributed by atoms with E-state index in [-0.39, 0.29) is 17.2 Å². The van der Waals surface area contributed by atoms with Gasteiger partial charge in [0, 0.05) is 6.20 Å². The van der Waals surface area contributed by atoms with Crippen molar-refractivity contribution < 1.29 is 28.5 Å². The third-order valence-corrected chi connectivity index (χ3v) is 6.85. The lowest BCUT2D eigenvalue weighted by atomic mass is 9.97. The predicted octanol–water partition coefficient (Wildman–Crippen LogP) is 3.61. The summed E-state index contributed by atoms with van der Waals surface area (Å²) in [7, 11) is 2.87. The van der Waals surface area contributed by atoms with Crippen molar-refractivity contribution in [3.05, 3.63) is 79.0 Å². The van der Waals surface area contributed by atoms with Gasteiger partial charge in [0.2, 0.25) is 0 Å². The molecule has 0 unspecified atom stereocenters. The topological polar surface area (TPSA) is 97.6 Å². The lowest BCUT2D eigenvalue weighted by Crippen LogP contribution is -2.39. The van der Waals surface area contributed by atoms with Crippen LogP contribution in [0.1, 0.15) is 44.9 Å². The molecular weight excluding hydrogens is 520 g/mol. The zero-order chi connectivity index (χ0) is 28.1. The van der Waals surface area contributed by atoms with E-state index in [4.69, 9.17) is 23.7 Å². The van der Waals surface area contributed by atoms with E-state index in [0.29, 0.717) is 51.1 Å². The molecule has 1 aromatic heterocycles. The minimum atomic E-state index is -0.762. The molecule has 0 amide bonds. The molecule has 2 aromatic carbocycles. The molecule has 0 fully saturated rings. The number of hydrogen-bond acceptors (Lipinski definition) is 9. The number of nitrogens with zero attached hydrogens (tertiary/aromatic N) is 2. The van der Waals surface area contributed by atoms with Gasteiger partial charge < -0.3 is 23.7 Å². The SMILES string of the molecule is CCOc1ccc([C@@H]2C(C(=O)OC)=CN=c3s/c(=C\c4ccc(OC(C)C)c(OC)c4)c(=O)n32)cc1OCC. The van der Waals surface area contributed by atoms with Gasteiger partial charge in [-0.3, -0.25) is 9.36 Å². The first-order valence-electron chi connectivity index (χ1n) is 12.6. The van der Waals surface area contributed by atoms with E-state index >= 15 is 0 Å². The summed E-state index contributed by atoms with van der Waals surface area (Å²) < 4.78 is 29.8. The number of carbonyl (C=O) groups excluding carboxylic acids is 1. The molecule has 206 valence electrons. The highest BCUT2D eigenvalue weighted by Gasteiger charge is 2.31. The number of ether oxygens (including phenoxy) is 5. The third kappa shape index (κ3) is 5.85. The van der Waals surface area contributed by atoms with Crippen LogP contribution in [0.15, 0.2) is 58.0 Å². The summed E-state index contributed by atoms with van der Waals surface area (Å²) in [5.74, 6) is 1.72. The maximum atomic E-state index is 13.8. The maximum Gasteiger partial charge on any atom is 0.337 e. The molecule has 0 radical (unpaired) electrons. The Balaban J connectivity index is 1.86. The minimum absolute atomic E-state index is 0.0108. The van der Waals surface area contributed by atoms with E-state index in [1.54, 1.807) is 25.3 Å². The molecule has 9 nitrogen and oxygen atoms in total. The Kier molecular flexibility index (Phi) is 8.75. The normalized spacial score (nSPS) is 14.8. The van der Waals surface area contributed by atoms with Crippen LogP contribution < -0.4 is 33.8 Å². The fraction of sp³-hybridized carbons (Fsp3) is 0.345. The van der Waals surface area contributed by atoms with Crippen molar-refractivity contribution in [3.63, 3.8) is 0 Å². The Morgan fingerprint density at radius 2 is 1.74 bits per heavy atom. The Labute approximate surface area is 230 Å². The Morgan fingerprint density at radius 3 is 2.41 bits per heavy atom. The van der Waals surface area contributed by atoms with E-state index in [1.807, 2.05) is 52.0 Å². The van der Waals surface area contributed by atoms with E-state index in [1.165, 1.54) is 29.2 Å². The molecule has 2 heterocycles. The van der Waals surface area contributed by atoms with E-state index in [2.05, 4.69) is 4.99 Å². The molecule has 0 N–H and O–H groups in total. The minimum Gasteiger partial charge on any atom is -0.493 e. The van der Waals surface area contributed by atoms with Gasteiger partial charge in [-0.25, -0.2) is 9.79 Å². The summed E-state index contributed by atoms with van der Waals surface area (Å²) >= 11 is 1.23. The van der Waals surface area contributed by atoms with Crippen LogP contribution in [-0.4, -0.2) is 44.1 Å². The summed E-state index contributed by atoms with van der Waals surface area (Å²) in [6.45, 7) is 8.54. The average Bonchev–Trinajstić information content (AvgIpc) is 3.24. The van der Waals surface area contributed by atoms with Crippen LogP contribution in [0.5, 0.6) is 23.0 Å². The maximum absolute atomic E-state index is 13.8. The van der Waals surface area contributed by atoms with Crippen molar-refractivity contribution >= 4 is 23.4 Å². The number of aromatic nitrogens is 1. The highest BCUT2D eigenvalue weighted by molar-refractivity contribution is 7.07. The molecule has 10 heteroatoms. The number of benzene rings is 2. The number of methoxy groups -OCH3 is 2. The summed E-state index contributed by atoms with van der Waals surface area (Å²) in [6, 6.07) is 10.1. The van der Waals surface area contributed by atoms with Gasteiger partial charge >= 0.3 is 5.97 Å². The Hall–Kier alpha value is -4.05. The second kappa shape index (κ2) is 12.2. The largest absolute Gasteiger partial charge is 0.493 e. The summed E-state index contributed by atoms with van der Waals surface area (Å²) in [5, 5.41) is 0. The zero-order valence-electron chi connectivity index (χ0n) is 22.8. The molecule has 0 spiro atoms. The first-order valence-corrected chi connectivity index (χ1v) is 13.5. The molecule has 1 atom stereocenters. The molecule has 1 aliphatic rings. The molecule has 3 aromatic rings. The van der Waals surface area contributed by atoms with Crippen molar-refractivity contribution in [1.82, 2.24) is 4.57 Å². The average molecular weight is 553 g/mol. The van der Waals surface area contributed by atoms with E-state index < -0.39 is 12.0 Å². The van der Waals surface area contributed by atoms with E-state index in [0.717, 1.165) is 5.56 Å². The standard InChI is InChI=1S/C29H32N2O7S/c1-7-36-21-12-10-19(15-24(21)37-8-2)26-20(28(33)35-6)16-30-29-31(26)27(32)25(39-29)14-18-9-11-22(38-17(3)4)23(13-18)34-5/h9-17,26H,7-8H2,1-6H3/b25-14-/t26-/m1/s1. The van der Waals surface area contributed by atoms with Gasteiger partial charge in [0.25, 0.3) is 5.56 Å². The van der Waals surface area contributed by atoms with Crippen molar-refractivity contribution in [2.75, 3.05) is 27.4 Å². The van der Waals surface area contributed by atoms with Gasteiger partial charge in [-0.1, -0.05) is 23.5 Å². The molecule has 0 saturated carbocycles. The fourth-order valence-electron chi connectivity index (χ4n) is 4.26. The summed E-state index contributed by atoms with van der Waals surface area (Å²) in [6.07, 6.45) is 3.22. The highest BCUT2D eigenvalue weighted by Crippen LogP contribution is 2.35. The van der Waals surface area contributed by atoms with Crippen molar-refractivity contribution in [2.24, 2.45) is 4.99 Å². The molecule has 0 aliphatic carbocycles. The van der Waals surface area contributed by atoms with Crippen molar-refractivity contribution in [2.45, 2.75) is 39.8 Å². The Bertz CT molecular complexity index is 1570. The zero-order valence-corrected chi connectivity index (χ0v) is 23.7. The van der Waals surface area contributed by atoms with Crippen LogP contribution in [0.3, 0.4) is 0 Å². The summed E-state index contributed by atoms with van der Waals surface area (Å²) in [5.41, 5.74) is 1.38. The van der Waals surface area contributed by atoms with Crippen LogP contribution in [0.25, 0.3) is 6.08 Å². The molecule has 0 bridgehead atoms. The van der Waals surface area contributed by atoms with E-state index in [9.17, 15) is 9.59 Å². The number of hydrogen-bond donors (Lipinski definition) is 0. The molecule has 39 heavy (non-hydrogen) atoms. The number of rotatable bonds is 10. The monoisotopic (exact) mass is 552 g/mol. The first kappa shape index (κ1) is 28.0. The van der Waals surface area contributed by atoms with Gasteiger partial charge in [0.1, 0.15) is 0 Å². The van der Waals surface area contributed by atoms with Crippen molar-refractivity contribution in [3.8, 4) is 23.0 Å². The van der Waals surface area contributed by atoms with Crippen LogP contribution in [0, 0.1) is 0 Å². The molecule has 1 aliphatic heterocycles. The number of carbonyl (C=O) groups is 1. The summed E-state index contributed by atoms with van der Waals surface area (Å²) in [4.78, 5) is 31.5. The van der Waals surface area contributed by atoms with Crippen molar-refractivity contribution in [1.29, 1.82) is 0 Å². The van der Waals surface area contributed by atoms with Gasteiger partial charge in [0.05, 0.1) is 49.7 Å². The third-order valence-electron chi connectivity index (χ3n) is 5.86. The van der Waals surface area contributed by atoms with Gasteiger partial charge in [-0.2, -0.15) is 0 Å². The lowest BCUT2D eigenvalue weighted by Gasteiger charge is -2.23. The van der Waals surface area contributed by atoms with Crippen LogP contribution in [0.4, 0.5) is 0 Å². The van der Waals surface area contributed by atoms with Gasteiger partial charge in [0.15, 0.2) is 27.8 Å². The number of thiazole rings is 1. The van der Waals surface area contributed by atoms with Crippen LogP contribution >= 0.6 is 11.3 Å². The first-order chi connectivity index (χ1) is 18.8. The quantitative estimate of drug-likeness (QED) is 0.355.